The number of morpholine rings is 1. The molecule has 0 bridgehead atoms. The monoisotopic (exact) mass is 346 g/mol. The van der Waals surface area contributed by atoms with E-state index in [0.717, 1.165) is 49.7 Å². The van der Waals surface area contributed by atoms with Crippen molar-refractivity contribution in [2.45, 2.75) is 31.9 Å². The molecule has 6 heteroatoms. The maximum absolute atomic E-state index is 12.2. The molecule has 2 aliphatic rings. The number of hydrogen-bond acceptors (Lipinski definition) is 5. The molecule has 4 heterocycles. The largest absolute Gasteiger partial charge is 0.465 e. The Morgan fingerprint density at radius 3 is 2.75 bits per heavy atom. The lowest BCUT2D eigenvalue weighted by Gasteiger charge is -2.46. The van der Waals surface area contributed by atoms with Crippen LogP contribution in [-0.4, -0.2) is 42.6 Å². The van der Waals surface area contributed by atoms with E-state index in [-0.39, 0.29) is 18.1 Å². The summed E-state index contributed by atoms with van der Waals surface area (Å²) in [4.78, 5) is 16.5. The maximum Gasteiger partial charge on any atom is 0.253 e. The van der Waals surface area contributed by atoms with Gasteiger partial charge < -0.3 is 14.1 Å². The number of carbonyl (C=O) groups excluding carboxylic acids is 1. The van der Waals surface area contributed by atoms with E-state index in [1.807, 2.05) is 40.8 Å². The number of likely N-dealkylation sites (tertiary alicyclic amines) is 1. The Hall–Kier alpha value is -1.63. The van der Waals surface area contributed by atoms with Crippen molar-refractivity contribution in [1.29, 1.82) is 0 Å². The van der Waals surface area contributed by atoms with Crippen molar-refractivity contribution >= 4 is 22.9 Å². The van der Waals surface area contributed by atoms with Gasteiger partial charge in [-0.3, -0.25) is 9.69 Å². The molecule has 0 N–H and O–H groups in total. The first-order valence-corrected chi connectivity index (χ1v) is 9.32. The van der Waals surface area contributed by atoms with Gasteiger partial charge in [-0.15, -0.1) is 0 Å². The second-order valence-electron chi connectivity index (χ2n) is 6.72. The predicted octanol–water partition coefficient (Wildman–Crippen LogP) is 3.05. The molecule has 5 nitrogen and oxygen atoms in total. The van der Waals surface area contributed by atoms with E-state index >= 15 is 0 Å². The highest BCUT2D eigenvalue weighted by molar-refractivity contribution is 7.08. The van der Waals surface area contributed by atoms with Crippen LogP contribution in [-0.2, 0) is 16.1 Å². The predicted molar refractivity (Wildman–Crippen MR) is 93.3 cm³/mol. The number of hydrogen-bond donors (Lipinski definition) is 0. The normalized spacial score (nSPS) is 21.5. The SMILES string of the molecule is Cc1ccc(CN2CCC3(CC2)CN(c2ccsc2)C(=O)CO3)o1. The molecule has 0 saturated carbocycles. The Labute approximate surface area is 145 Å². The first-order valence-electron chi connectivity index (χ1n) is 8.38. The zero-order valence-electron chi connectivity index (χ0n) is 13.9. The number of anilines is 1. The molecule has 2 aromatic rings. The average molecular weight is 346 g/mol. The van der Waals surface area contributed by atoms with E-state index in [0.29, 0.717) is 6.54 Å². The van der Waals surface area contributed by atoms with E-state index in [9.17, 15) is 4.79 Å². The van der Waals surface area contributed by atoms with Crippen LogP contribution < -0.4 is 4.90 Å². The second kappa shape index (κ2) is 6.35. The van der Waals surface area contributed by atoms with Gasteiger partial charge in [-0.1, -0.05) is 0 Å². The fourth-order valence-corrected chi connectivity index (χ4v) is 4.21. The van der Waals surface area contributed by atoms with Gasteiger partial charge in [0, 0.05) is 18.5 Å². The average Bonchev–Trinajstić information content (AvgIpc) is 3.24. The molecular formula is C18H22N2O3S. The lowest BCUT2D eigenvalue weighted by Crippen LogP contribution is -2.58. The first kappa shape index (κ1) is 15.9. The summed E-state index contributed by atoms with van der Waals surface area (Å²) in [5.74, 6) is 2.04. The van der Waals surface area contributed by atoms with Crippen molar-refractivity contribution in [1.82, 2.24) is 4.90 Å². The van der Waals surface area contributed by atoms with Gasteiger partial charge in [-0.05, 0) is 43.3 Å². The van der Waals surface area contributed by atoms with E-state index in [4.69, 9.17) is 9.15 Å². The Morgan fingerprint density at radius 2 is 2.08 bits per heavy atom. The van der Waals surface area contributed by atoms with Crippen LogP contribution in [0, 0.1) is 6.92 Å². The zero-order valence-corrected chi connectivity index (χ0v) is 14.7. The van der Waals surface area contributed by atoms with Gasteiger partial charge in [0.1, 0.15) is 18.1 Å². The van der Waals surface area contributed by atoms with Crippen LogP contribution in [0.2, 0.25) is 0 Å². The summed E-state index contributed by atoms with van der Waals surface area (Å²) in [7, 11) is 0. The number of nitrogens with zero attached hydrogens (tertiary/aromatic N) is 2. The number of furan rings is 1. The molecule has 24 heavy (non-hydrogen) atoms. The number of piperidine rings is 1. The summed E-state index contributed by atoms with van der Waals surface area (Å²) in [6, 6.07) is 6.07. The molecule has 4 rings (SSSR count). The fraction of sp³-hybridized carbons (Fsp3) is 0.500. The van der Waals surface area contributed by atoms with Crippen molar-refractivity contribution < 1.29 is 13.9 Å². The summed E-state index contributed by atoms with van der Waals surface area (Å²) >= 11 is 1.62. The highest BCUT2D eigenvalue weighted by Crippen LogP contribution is 2.33. The van der Waals surface area contributed by atoms with E-state index in [2.05, 4.69) is 4.90 Å². The van der Waals surface area contributed by atoms with Crippen molar-refractivity contribution in [3.8, 4) is 0 Å². The Morgan fingerprint density at radius 1 is 1.25 bits per heavy atom. The number of rotatable bonds is 3. The fourth-order valence-electron chi connectivity index (χ4n) is 3.57. The standard InChI is InChI=1S/C18H22N2O3S/c1-14-2-3-16(23-14)10-19-7-5-18(6-8-19)13-20(17(21)11-22-18)15-4-9-24-12-15/h2-4,9,12H,5-8,10-11,13H2,1H3. The van der Waals surface area contributed by atoms with Gasteiger partial charge in [0.15, 0.2) is 0 Å². The lowest BCUT2D eigenvalue weighted by molar-refractivity contribution is -0.145. The quantitative estimate of drug-likeness (QED) is 0.857. The molecule has 0 unspecified atom stereocenters. The molecule has 0 atom stereocenters. The first-order chi connectivity index (χ1) is 11.6. The molecule has 128 valence electrons. The van der Waals surface area contributed by atoms with Gasteiger partial charge in [-0.25, -0.2) is 0 Å². The highest BCUT2D eigenvalue weighted by atomic mass is 32.1. The Balaban J connectivity index is 1.39. The third-order valence-corrected chi connectivity index (χ3v) is 5.68. The van der Waals surface area contributed by atoms with Crippen LogP contribution in [0.15, 0.2) is 33.4 Å². The van der Waals surface area contributed by atoms with Crippen molar-refractivity contribution in [2.75, 3.05) is 31.1 Å². The molecular weight excluding hydrogens is 324 g/mol. The van der Waals surface area contributed by atoms with Gasteiger partial charge >= 0.3 is 0 Å². The third kappa shape index (κ3) is 3.14. The van der Waals surface area contributed by atoms with E-state index in [1.54, 1.807) is 11.3 Å². The number of amides is 1. The summed E-state index contributed by atoms with van der Waals surface area (Å²) in [5, 5.41) is 4.05. The molecule has 1 spiro atoms. The topological polar surface area (TPSA) is 45.9 Å². The van der Waals surface area contributed by atoms with Gasteiger partial charge in [0.25, 0.3) is 5.91 Å². The summed E-state index contributed by atoms with van der Waals surface area (Å²) < 4.78 is 11.7. The smallest absolute Gasteiger partial charge is 0.253 e. The van der Waals surface area contributed by atoms with Crippen LogP contribution in [0.1, 0.15) is 24.4 Å². The zero-order chi connectivity index (χ0) is 16.6. The molecule has 2 aliphatic heterocycles. The van der Waals surface area contributed by atoms with Gasteiger partial charge in [0.2, 0.25) is 0 Å². The molecule has 1 amide bonds. The number of thiophene rings is 1. The Bertz CT molecular complexity index is 702. The maximum atomic E-state index is 12.2. The van der Waals surface area contributed by atoms with E-state index < -0.39 is 0 Å². The van der Waals surface area contributed by atoms with E-state index in [1.165, 1.54) is 0 Å². The highest BCUT2D eigenvalue weighted by Gasteiger charge is 2.42. The minimum atomic E-state index is -0.203. The molecule has 0 aromatic carbocycles. The minimum absolute atomic E-state index is 0.0625. The summed E-state index contributed by atoms with van der Waals surface area (Å²) in [5.41, 5.74) is 0.798. The van der Waals surface area contributed by atoms with Crippen LogP contribution >= 0.6 is 11.3 Å². The van der Waals surface area contributed by atoms with Crippen molar-refractivity contribution in [2.24, 2.45) is 0 Å². The summed E-state index contributed by atoms with van der Waals surface area (Å²) in [6.07, 6.45) is 1.89. The van der Waals surface area contributed by atoms with Crippen LogP contribution in [0.3, 0.4) is 0 Å². The van der Waals surface area contributed by atoms with Gasteiger partial charge in [-0.2, -0.15) is 11.3 Å². The third-order valence-electron chi connectivity index (χ3n) is 5.01. The van der Waals surface area contributed by atoms with Crippen molar-refractivity contribution in [3.05, 3.63) is 40.5 Å². The molecule has 0 radical (unpaired) electrons. The Kier molecular flexibility index (Phi) is 4.20. The van der Waals surface area contributed by atoms with Gasteiger partial charge in [0.05, 0.1) is 24.4 Å². The van der Waals surface area contributed by atoms with Crippen molar-refractivity contribution in [3.63, 3.8) is 0 Å². The molecule has 0 aliphatic carbocycles. The number of ether oxygens (including phenoxy) is 1. The van der Waals surface area contributed by atoms with Crippen LogP contribution in [0.4, 0.5) is 5.69 Å². The van der Waals surface area contributed by atoms with Crippen LogP contribution in [0.25, 0.3) is 0 Å². The lowest BCUT2D eigenvalue weighted by atomic mass is 9.89. The van der Waals surface area contributed by atoms with Crippen LogP contribution in [0.5, 0.6) is 0 Å². The number of aryl methyl sites for hydroxylation is 1. The molecule has 2 fully saturated rings. The minimum Gasteiger partial charge on any atom is -0.465 e. The number of carbonyl (C=O) groups is 1. The molecule has 2 aromatic heterocycles. The summed E-state index contributed by atoms with van der Waals surface area (Å²) in [6.45, 7) is 5.60. The molecule has 2 saturated heterocycles. The second-order valence-corrected chi connectivity index (χ2v) is 7.50.